The second-order valence-electron chi connectivity index (χ2n) is 8.84. The first-order chi connectivity index (χ1) is 13.4. The Bertz CT molecular complexity index is 695. The van der Waals surface area contributed by atoms with E-state index in [1.165, 1.54) is 12.8 Å². The van der Waals surface area contributed by atoms with Gasteiger partial charge in [0.05, 0.1) is 0 Å². The van der Waals surface area contributed by atoms with Gasteiger partial charge in [-0.2, -0.15) is 0 Å². The minimum absolute atomic E-state index is 0. The van der Waals surface area contributed by atoms with Crippen LogP contribution in [0.15, 0.2) is 18.2 Å². The summed E-state index contributed by atoms with van der Waals surface area (Å²) in [5.41, 5.74) is 2.46. The molecule has 2 saturated heterocycles. The van der Waals surface area contributed by atoms with Crippen molar-refractivity contribution in [3.63, 3.8) is 0 Å². The zero-order valence-corrected chi connectivity index (χ0v) is 18.8. The van der Waals surface area contributed by atoms with Gasteiger partial charge in [-0.3, -0.25) is 9.59 Å². The highest BCUT2D eigenvalue weighted by molar-refractivity contribution is 5.96. The molecule has 0 spiro atoms. The predicted octanol–water partition coefficient (Wildman–Crippen LogP) is 4.25. The van der Waals surface area contributed by atoms with Gasteiger partial charge in [-0.1, -0.05) is 13.8 Å². The van der Waals surface area contributed by atoms with Gasteiger partial charge in [-0.05, 0) is 87.2 Å². The van der Waals surface area contributed by atoms with Gasteiger partial charge in [0.15, 0.2) is 0 Å². The average molecular weight is 422 g/mol. The average Bonchev–Trinajstić information content (AvgIpc) is 2.70. The first-order valence-corrected chi connectivity index (χ1v) is 10.8. The molecule has 6 heteroatoms. The molecule has 0 saturated carbocycles. The van der Waals surface area contributed by atoms with Crippen molar-refractivity contribution in [2.45, 2.75) is 52.9 Å². The molecule has 2 atom stereocenters. The molecule has 2 fully saturated rings. The van der Waals surface area contributed by atoms with Gasteiger partial charge in [-0.25, -0.2) is 0 Å². The van der Waals surface area contributed by atoms with E-state index in [4.69, 9.17) is 0 Å². The molecule has 1 aromatic carbocycles. The van der Waals surface area contributed by atoms with Crippen LogP contribution in [0.2, 0.25) is 0 Å². The van der Waals surface area contributed by atoms with Crippen LogP contribution in [0.4, 0.5) is 5.69 Å². The molecule has 5 nitrogen and oxygen atoms in total. The Labute approximate surface area is 181 Å². The summed E-state index contributed by atoms with van der Waals surface area (Å²) in [6.45, 7) is 10.2. The molecule has 2 aliphatic heterocycles. The van der Waals surface area contributed by atoms with E-state index in [0.717, 1.165) is 50.3 Å². The van der Waals surface area contributed by atoms with E-state index >= 15 is 0 Å². The van der Waals surface area contributed by atoms with Crippen molar-refractivity contribution < 1.29 is 9.59 Å². The normalized spacial score (nSPS) is 21.2. The lowest BCUT2D eigenvalue weighted by atomic mass is 9.85. The van der Waals surface area contributed by atoms with Gasteiger partial charge < -0.3 is 15.5 Å². The van der Waals surface area contributed by atoms with Crippen molar-refractivity contribution in [3.8, 4) is 0 Å². The highest BCUT2D eigenvalue weighted by Gasteiger charge is 2.23. The number of hydrogen-bond donors (Lipinski definition) is 2. The molecule has 1 aromatic rings. The summed E-state index contributed by atoms with van der Waals surface area (Å²) < 4.78 is 0. The van der Waals surface area contributed by atoms with Crippen LogP contribution in [0, 0.1) is 24.7 Å². The number of nitrogens with zero attached hydrogens (tertiary/aromatic N) is 1. The minimum atomic E-state index is 0. The molecular formula is C23H36ClN3O2. The lowest BCUT2D eigenvalue weighted by molar-refractivity contribution is -0.117. The van der Waals surface area contributed by atoms with Crippen molar-refractivity contribution in [1.29, 1.82) is 0 Å². The van der Waals surface area contributed by atoms with Crippen LogP contribution in [-0.4, -0.2) is 42.9 Å². The van der Waals surface area contributed by atoms with E-state index in [1.54, 1.807) is 0 Å². The highest BCUT2D eigenvalue weighted by atomic mass is 35.5. The number of hydrogen-bond acceptors (Lipinski definition) is 3. The smallest absolute Gasteiger partial charge is 0.253 e. The standard InChI is InChI=1S/C23H35N3O2.ClH/c1-16-8-11-26(12-9-16)23(28)19-6-7-21(18(3)13-19)25-22(27)14-17(2)20-5-4-10-24-15-20;/h6-7,13,16-17,20,24H,4-5,8-12,14-15H2,1-3H3,(H,25,27);1H. The van der Waals surface area contributed by atoms with Gasteiger partial charge >= 0.3 is 0 Å². The molecule has 2 aliphatic rings. The van der Waals surface area contributed by atoms with E-state index < -0.39 is 0 Å². The summed E-state index contributed by atoms with van der Waals surface area (Å²) in [5, 5.41) is 6.47. The van der Waals surface area contributed by atoms with Gasteiger partial charge in [0, 0.05) is 30.8 Å². The molecule has 2 heterocycles. The molecule has 162 valence electrons. The molecule has 0 bridgehead atoms. The van der Waals surface area contributed by atoms with Gasteiger partial charge in [-0.15, -0.1) is 12.4 Å². The Hall–Kier alpha value is -1.59. The topological polar surface area (TPSA) is 61.4 Å². The van der Waals surface area contributed by atoms with Crippen molar-refractivity contribution in [3.05, 3.63) is 29.3 Å². The van der Waals surface area contributed by atoms with Crippen molar-refractivity contribution in [2.24, 2.45) is 17.8 Å². The largest absolute Gasteiger partial charge is 0.339 e. The summed E-state index contributed by atoms with van der Waals surface area (Å²) in [4.78, 5) is 27.2. The van der Waals surface area contributed by atoms with Crippen LogP contribution in [0.1, 0.15) is 61.9 Å². The monoisotopic (exact) mass is 421 g/mol. The first kappa shape index (κ1) is 23.7. The van der Waals surface area contributed by atoms with Gasteiger partial charge in [0.1, 0.15) is 0 Å². The first-order valence-electron chi connectivity index (χ1n) is 10.8. The number of benzene rings is 1. The van der Waals surface area contributed by atoms with E-state index in [0.29, 0.717) is 29.7 Å². The van der Waals surface area contributed by atoms with Crippen LogP contribution in [-0.2, 0) is 4.79 Å². The lowest BCUT2D eigenvalue weighted by Crippen LogP contribution is -2.37. The van der Waals surface area contributed by atoms with Gasteiger partial charge in [0.2, 0.25) is 5.91 Å². The predicted molar refractivity (Wildman–Crippen MR) is 121 cm³/mol. The quantitative estimate of drug-likeness (QED) is 0.746. The fraction of sp³-hybridized carbons (Fsp3) is 0.652. The molecule has 3 rings (SSSR count). The number of carbonyl (C=O) groups is 2. The molecule has 2 amide bonds. The second kappa shape index (κ2) is 11.0. The zero-order valence-electron chi connectivity index (χ0n) is 18.0. The van der Waals surface area contributed by atoms with Crippen molar-refractivity contribution >= 4 is 29.9 Å². The highest BCUT2D eigenvalue weighted by Crippen LogP contribution is 2.25. The number of halogens is 1. The number of piperidine rings is 2. The van der Waals surface area contributed by atoms with Crippen LogP contribution in [0.3, 0.4) is 0 Å². The van der Waals surface area contributed by atoms with E-state index in [9.17, 15) is 9.59 Å². The van der Waals surface area contributed by atoms with E-state index in [2.05, 4.69) is 24.5 Å². The Morgan fingerprint density at radius 1 is 1.24 bits per heavy atom. The maximum absolute atomic E-state index is 12.7. The Morgan fingerprint density at radius 3 is 2.59 bits per heavy atom. The fourth-order valence-corrected chi connectivity index (χ4v) is 4.36. The van der Waals surface area contributed by atoms with Crippen molar-refractivity contribution in [2.75, 3.05) is 31.5 Å². The van der Waals surface area contributed by atoms with E-state index in [-0.39, 0.29) is 24.2 Å². The Balaban J connectivity index is 0.00000300. The van der Waals surface area contributed by atoms with Crippen LogP contribution >= 0.6 is 12.4 Å². The number of aryl methyl sites for hydroxylation is 1. The van der Waals surface area contributed by atoms with Crippen LogP contribution in [0.25, 0.3) is 0 Å². The fourth-order valence-electron chi connectivity index (χ4n) is 4.36. The van der Waals surface area contributed by atoms with Gasteiger partial charge in [0.25, 0.3) is 5.91 Å². The SMILES string of the molecule is Cc1cc(C(=O)N2CCC(C)CC2)ccc1NC(=O)CC(C)C1CCCNC1.Cl. The molecule has 0 aromatic heterocycles. The third kappa shape index (κ3) is 6.45. The summed E-state index contributed by atoms with van der Waals surface area (Å²) in [5.74, 6) is 1.81. The molecule has 2 unspecified atom stereocenters. The number of nitrogens with one attached hydrogen (secondary N) is 2. The number of anilines is 1. The summed E-state index contributed by atoms with van der Waals surface area (Å²) >= 11 is 0. The van der Waals surface area contributed by atoms with Crippen LogP contribution < -0.4 is 10.6 Å². The number of carbonyl (C=O) groups excluding carboxylic acids is 2. The molecule has 0 radical (unpaired) electrons. The third-order valence-electron chi connectivity index (χ3n) is 6.47. The summed E-state index contributed by atoms with van der Waals surface area (Å²) in [7, 11) is 0. The summed E-state index contributed by atoms with van der Waals surface area (Å²) in [6.07, 6.45) is 5.09. The third-order valence-corrected chi connectivity index (χ3v) is 6.47. The Morgan fingerprint density at radius 2 is 1.97 bits per heavy atom. The minimum Gasteiger partial charge on any atom is -0.339 e. The maximum Gasteiger partial charge on any atom is 0.253 e. The van der Waals surface area contributed by atoms with E-state index in [1.807, 2.05) is 30.0 Å². The number of rotatable bonds is 5. The lowest BCUT2D eigenvalue weighted by Gasteiger charge is -2.30. The zero-order chi connectivity index (χ0) is 20.1. The summed E-state index contributed by atoms with van der Waals surface area (Å²) in [6, 6.07) is 5.63. The second-order valence-corrected chi connectivity index (χ2v) is 8.84. The molecule has 0 aliphatic carbocycles. The van der Waals surface area contributed by atoms with Crippen molar-refractivity contribution in [1.82, 2.24) is 10.2 Å². The molecule has 2 N–H and O–H groups in total. The van der Waals surface area contributed by atoms with Crippen LogP contribution in [0.5, 0.6) is 0 Å². The molecule has 29 heavy (non-hydrogen) atoms. The molecular weight excluding hydrogens is 386 g/mol. The Kier molecular flexibility index (Phi) is 8.97. The number of amides is 2. The number of likely N-dealkylation sites (tertiary alicyclic amines) is 1. The maximum atomic E-state index is 12.7.